The number of anilines is 2. The monoisotopic (exact) mass is 409 g/mol. The van der Waals surface area contributed by atoms with Crippen molar-refractivity contribution in [2.75, 3.05) is 10.6 Å². The molecule has 2 aromatic rings. The van der Waals surface area contributed by atoms with Crippen LogP contribution in [0.1, 0.15) is 29.3 Å². The minimum atomic E-state index is -0.432. The summed E-state index contributed by atoms with van der Waals surface area (Å²) in [6.07, 6.45) is 0.383. The van der Waals surface area contributed by atoms with E-state index in [0.29, 0.717) is 33.4 Å². The minimum Gasteiger partial charge on any atom is -0.332 e. The van der Waals surface area contributed by atoms with Gasteiger partial charge in [0.15, 0.2) is 5.11 Å². The largest absolute Gasteiger partial charge is 0.332 e. The molecule has 3 N–H and O–H groups in total. The van der Waals surface area contributed by atoms with Gasteiger partial charge < -0.3 is 10.6 Å². The molecule has 5 nitrogen and oxygen atoms in total. The topological polar surface area (TPSA) is 70.2 Å². The van der Waals surface area contributed by atoms with Crippen LogP contribution in [0.15, 0.2) is 36.4 Å². The third kappa shape index (κ3) is 5.69. The number of amides is 2. The van der Waals surface area contributed by atoms with Crippen LogP contribution in [0.2, 0.25) is 10.0 Å². The maximum Gasteiger partial charge on any atom is 0.257 e. The van der Waals surface area contributed by atoms with Crippen LogP contribution >= 0.6 is 35.4 Å². The quantitative estimate of drug-likeness (QED) is 0.635. The molecule has 0 fully saturated rings. The van der Waals surface area contributed by atoms with Crippen LogP contribution in [0.4, 0.5) is 11.4 Å². The fraction of sp³-hybridized carbons (Fsp3) is 0.167. The van der Waals surface area contributed by atoms with Gasteiger partial charge in [0.25, 0.3) is 5.91 Å². The van der Waals surface area contributed by atoms with Crippen molar-refractivity contribution in [2.24, 2.45) is 0 Å². The highest BCUT2D eigenvalue weighted by Gasteiger charge is 2.11. The van der Waals surface area contributed by atoms with Gasteiger partial charge in [-0.25, -0.2) is 0 Å². The van der Waals surface area contributed by atoms with Gasteiger partial charge in [-0.2, -0.15) is 0 Å². The maximum atomic E-state index is 12.2. The summed E-state index contributed by atoms with van der Waals surface area (Å²) in [6.45, 7) is 3.66. The number of rotatable bonds is 4. The van der Waals surface area contributed by atoms with Crippen molar-refractivity contribution in [2.45, 2.75) is 20.3 Å². The van der Waals surface area contributed by atoms with Crippen molar-refractivity contribution in [3.63, 3.8) is 0 Å². The summed E-state index contributed by atoms with van der Waals surface area (Å²) in [5, 5.41) is 9.12. The molecule has 2 amide bonds. The van der Waals surface area contributed by atoms with E-state index < -0.39 is 5.91 Å². The first-order valence-electron chi connectivity index (χ1n) is 7.77. The number of thiocarbonyl (C=S) groups is 1. The lowest BCUT2D eigenvalue weighted by Gasteiger charge is -2.13. The van der Waals surface area contributed by atoms with Crippen LogP contribution in [0.3, 0.4) is 0 Å². The SMILES string of the molecule is CCC(=O)Nc1cc(NC(=S)NC(=O)c2cc(Cl)cc(Cl)c2)ccc1C. The molecular formula is C18H17Cl2N3O2S. The van der Waals surface area contributed by atoms with E-state index in [-0.39, 0.29) is 11.0 Å². The summed E-state index contributed by atoms with van der Waals surface area (Å²) in [4.78, 5) is 23.8. The van der Waals surface area contributed by atoms with Crippen molar-refractivity contribution in [3.05, 3.63) is 57.6 Å². The number of carbonyl (C=O) groups is 2. The van der Waals surface area contributed by atoms with E-state index in [0.717, 1.165) is 5.56 Å². The van der Waals surface area contributed by atoms with Gasteiger partial charge in [0.1, 0.15) is 0 Å². The van der Waals surface area contributed by atoms with Crippen molar-refractivity contribution >= 4 is 63.7 Å². The summed E-state index contributed by atoms with van der Waals surface area (Å²) in [7, 11) is 0. The number of carbonyl (C=O) groups excluding carboxylic acids is 2. The van der Waals surface area contributed by atoms with Gasteiger partial charge in [-0.05, 0) is 55.0 Å². The maximum absolute atomic E-state index is 12.2. The molecule has 0 atom stereocenters. The molecule has 0 aromatic heterocycles. The van der Waals surface area contributed by atoms with Crippen molar-refractivity contribution < 1.29 is 9.59 Å². The molecular weight excluding hydrogens is 393 g/mol. The zero-order chi connectivity index (χ0) is 19.3. The van der Waals surface area contributed by atoms with Crippen molar-refractivity contribution in [1.29, 1.82) is 0 Å². The smallest absolute Gasteiger partial charge is 0.257 e. The predicted octanol–water partition coefficient (Wildman–Crippen LogP) is 4.78. The second kappa shape index (κ2) is 8.98. The fourth-order valence-corrected chi connectivity index (χ4v) is 2.83. The third-order valence-corrected chi connectivity index (χ3v) is 4.08. The van der Waals surface area contributed by atoms with E-state index >= 15 is 0 Å². The van der Waals surface area contributed by atoms with Crippen LogP contribution < -0.4 is 16.0 Å². The van der Waals surface area contributed by atoms with E-state index in [1.54, 1.807) is 19.1 Å². The van der Waals surface area contributed by atoms with Gasteiger partial charge in [0, 0.05) is 33.4 Å². The van der Waals surface area contributed by atoms with E-state index in [1.807, 2.05) is 13.0 Å². The van der Waals surface area contributed by atoms with E-state index in [2.05, 4.69) is 16.0 Å². The van der Waals surface area contributed by atoms with Crippen molar-refractivity contribution in [1.82, 2.24) is 5.32 Å². The molecule has 0 unspecified atom stereocenters. The minimum absolute atomic E-state index is 0.0843. The van der Waals surface area contributed by atoms with Crippen LogP contribution in [-0.4, -0.2) is 16.9 Å². The number of benzene rings is 2. The highest BCUT2D eigenvalue weighted by molar-refractivity contribution is 7.80. The molecule has 8 heteroatoms. The zero-order valence-corrected chi connectivity index (χ0v) is 16.5. The lowest BCUT2D eigenvalue weighted by Crippen LogP contribution is -2.34. The van der Waals surface area contributed by atoms with E-state index in [9.17, 15) is 9.59 Å². The molecule has 2 rings (SSSR count). The summed E-state index contributed by atoms with van der Waals surface area (Å²) in [5.41, 5.74) is 2.53. The highest BCUT2D eigenvalue weighted by Crippen LogP contribution is 2.21. The average Bonchev–Trinajstić information content (AvgIpc) is 2.56. The first-order chi connectivity index (χ1) is 12.3. The number of nitrogens with one attached hydrogen (secondary N) is 3. The van der Waals surface area contributed by atoms with Crippen LogP contribution in [0.25, 0.3) is 0 Å². The van der Waals surface area contributed by atoms with Crippen LogP contribution in [0, 0.1) is 6.92 Å². The standard InChI is InChI=1S/C18H17Cl2N3O2S/c1-3-16(24)22-15-9-14(5-4-10(15)2)21-18(26)23-17(25)11-6-12(19)8-13(20)7-11/h4-9H,3H2,1-2H3,(H,22,24)(H2,21,23,25,26). The number of hydrogen-bond acceptors (Lipinski definition) is 3. The molecule has 0 saturated heterocycles. The second-order valence-corrected chi connectivity index (χ2v) is 6.78. The molecule has 26 heavy (non-hydrogen) atoms. The Morgan fingerprint density at radius 2 is 1.69 bits per heavy atom. The van der Waals surface area contributed by atoms with Crippen molar-refractivity contribution in [3.8, 4) is 0 Å². The van der Waals surface area contributed by atoms with Gasteiger partial charge in [0.05, 0.1) is 0 Å². The molecule has 136 valence electrons. The van der Waals surface area contributed by atoms with Gasteiger partial charge in [-0.15, -0.1) is 0 Å². The molecule has 0 saturated carbocycles. The fourth-order valence-electron chi connectivity index (χ4n) is 2.10. The molecule has 0 bridgehead atoms. The first-order valence-corrected chi connectivity index (χ1v) is 8.94. The van der Waals surface area contributed by atoms with E-state index in [4.69, 9.17) is 35.4 Å². The molecule has 0 spiro atoms. The molecule has 0 aliphatic rings. The predicted molar refractivity (Wildman–Crippen MR) is 110 cm³/mol. The Balaban J connectivity index is 2.06. The molecule has 0 heterocycles. The summed E-state index contributed by atoms with van der Waals surface area (Å²) >= 11 is 17.0. The Hall–Kier alpha value is -2.15. The van der Waals surface area contributed by atoms with Crippen LogP contribution in [-0.2, 0) is 4.79 Å². The lowest BCUT2D eigenvalue weighted by molar-refractivity contribution is -0.115. The first kappa shape index (κ1) is 20.2. The zero-order valence-electron chi connectivity index (χ0n) is 14.2. The van der Waals surface area contributed by atoms with Crippen LogP contribution in [0.5, 0.6) is 0 Å². The van der Waals surface area contributed by atoms with Gasteiger partial charge in [-0.1, -0.05) is 36.2 Å². The number of halogens is 2. The lowest BCUT2D eigenvalue weighted by atomic mass is 10.1. The number of aryl methyl sites for hydroxylation is 1. The average molecular weight is 410 g/mol. The Labute approximate surface area is 167 Å². The number of hydrogen-bond donors (Lipinski definition) is 3. The van der Waals surface area contributed by atoms with E-state index in [1.165, 1.54) is 18.2 Å². The Kier molecular flexibility index (Phi) is 6.97. The van der Waals surface area contributed by atoms with Gasteiger partial charge >= 0.3 is 0 Å². The Morgan fingerprint density at radius 1 is 1.04 bits per heavy atom. The van der Waals surface area contributed by atoms with Gasteiger partial charge in [-0.3, -0.25) is 14.9 Å². The third-order valence-electron chi connectivity index (χ3n) is 3.44. The molecule has 0 aliphatic carbocycles. The Morgan fingerprint density at radius 3 is 2.31 bits per heavy atom. The molecule has 2 aromatic carbocycles. The summed E-state index contributed by atoms with van der Waals surface area (Å²) in [6, 6.07) is 9.91. The second-order valence-electron chi connectivity index (χ2n) is 5.50. The molecule has 0 aliphatic heterocycles. The van der Waals surface area contributed by atoms with Gasteiger partial charge in [0.2, 0.25) is 5.91 Å². The Bertz CT molecular complexity index is 851. The highest BCUT2D eigenvalue weighted by atomic mass is 35.5. The summed E-state index contributed by atoms with van der Waals surface area (Å²) < 4.78 is 0. The summed E-state index contributed by atoms with van der Waals surface area (Å²) in [5.74, 6) is -0.516. The normalized spacial score (nSPS) is 10.2. The molecule has 0 radical (unpaired) electrons.